The number of carbonyl (C=O) groups excluding carboxylic acids is 1. The minimum absolute atomic E-state index is 0.0839. The molecule has 2 rings (SSSR count). The molecule has 0 atom stereocenters. The molecular weight excluding hydrogens is 200 g/mol. The molecule has 1 fully saturated rings. The van der Waals surface area contributed by atoms with E-state index in [0.717, 1.165) is 13.1 Å². The maximum absolute atomic E-state index is 10.7. The van der Waals surface area contributed by atoms with Crippen LogP contribution in [0.3, 0.4) is 0 Å². The molecule has 1 saturated heterocycles. The summed E-state index contributed by atoms with van der Waals surface area (Å²) in [6.07, 6.45) is 1.85. The number of nitro groups is 1. The van der Waals surface area contributed by atoms with E-state index in [0.29, 0.717) is 17.9 Å². The van der Waals surface area contributed by atoms with Gasteiger partial charge in [-0.25, -0.2) is 4.98 Å². The molecule has 0 saturated carbocycles. The Balaban J connectivity index is 2.38. The molecule has 1 aliphatic heterocycles. The van der Waals surface area contributed by atoms with Crippen molar-refractivity contribution in [1.82, 2.24) is 4.98 Å². The van der Waals surface area contributed by atoms with Crippen molar-refractivity contribution in [3.63, 3.8) is 0 Å². The second-order valence-electron chi connectivity index (χ2n) is 3.07. The zero-order chi connectivity index (χ0) is 10.8. The van der Waals surface area contributed by atoms with E-state index in [1.807, 2.05) is 0 Å². The minimum atomic E-state index is -0.503. The number of hydrogen-bond donors (Lipinski definition) is 1. The summed E-state index contributed by atoms with van der Waals surface area (Å²) in [7, 11) is 0. The minimum Gasteiger partial charge on any atom is -0.347 e. The average molecular weight is 208 g/mol. The molecule has 0 spiro atoms. The molecule has 1 amide bonds. The quantitative estimate of drug-likeness (QED) is 0.334. The Morgan fingerprint density at radius 2 is 2.33 bits per heavy atom. The number of nitrogens with one attached hydrogen (secondary N) is 1. The Kier molecular flexibility index (Phi) is 2.20. The summed E-state index contributed by atoms with van der Waals surface area (Å²) >= 11 is 0. The molecule has 7 nitrogen and oxygen atoms in total. The van der Waals surface area contributed by atoms with E-state index < -0.39 is 4.92 Å². The van der Waals surface area contributed by atoms with E-state index in [4.69, 9.17) is 0 Å². The fourth-order valence-electron chi connectivity index (χ4n) is 1.23. The third kappa shape index (κ3) is 1.85. The number of hydrogen-bond acceptors (Lipinski definition) is 5. The van der Waals surface area contributed by atoms with Crippen LogP contribution in [0.5, 0.6) is 0 Å². The molecule has 78 valence electrons. The summed E-state index contributed by atoms with van der Waals surface area (Å²) < 4.78 is 0. The number of amides is 1. The standard InChI is InChI=1S/C8H8N4O3/c13-5-10-6-3-7(12(14)15)8(9-4-6)11-1-2-11/h3-5H,1-2H2,(H,10,13). The van der Waals surface area contributed by atoms with Gasteiger partial charge in [0, 0.05) is 19.2 Å². The van der Waals surface area contributed by atoms with Gasteiger partial charge in [-0.2, -0.15) is 0 Å². The van der Waals surface area contributed by atoms with Crippen molar-refractivity contribution >= 4 is 23.6 Å². The summed E-state index contributed by atoms with van der Waals surface area (Å²) in [5, 5.41) is 13.1. The van der Waals surface area contributed by atoms with Crippen LogP contribution in [-0.2, 0) is 4.79 Å². The van der Waals surface area contributed by atoms with Gasteiger partial charge in [-0.3, -0.25) is 14.9 Å². The van der Waals surface area contributed by atoms with E-state index >= 15 is 0 Å². The van der Waals surface area contributed by atoms with Gasteiger partial charge in [0.2, 0.25) is 12.2 Å². The molecule has 0 bridgehead atoms. The molecule has 2 heterocycles. The van der Waals surface area contributed by atoms with Crippen LogP contribution in [0.25, 0.3) is 0 Å². The first kappa shape index (κ1) is 9.38. The SMILES string of the molecule is O=CNc1cnc(N2CC2)c([N+](=O)[O-])c1. The number of anilines is 2. The van der Waals surface area contributed by atoms with E-state index in [9.17, 15) is 14.9 Å². The number of nitrogens with zero attached hydrogens (tertiary/aromatic N) is 3. The third-order valence-electron chi connectivity index (χ3n) is 2.02. The van der Waals surface area contributed by atoms with Crippen molar-refractivity contribution in [2.45, 2.75) is 0 Å². The van der Waals surface area contributed by atoms with Gasteiger partial charge in [-0.1, -0.05) is 0 Å². The number of rotatable bonds is 4. The van der Waals surface area contributed by atoms with Gasteiger partial charge < -0.3 is 10.2 Å². The highest BCUT2D eigenvalue weighted by molar-refractivity contribution is 5.74. The zero-order valence-electron chi connectivity index (χ0n) is 7.71. The van der Waals surface area contributed by atoms with Crippen molar-refractivity contribution in [3.8, 4) is 0 Å². The second kappa shape index (κ2) is 3.52. The molecule has 0 aliphatic carbocycles. The molecule has 1 aromatic rings. The van der Waals surface area contributed by atoms with E-state index in [1.165, 1.54) is 12.3 Å². The Hall–Kier alpha value is -2.18. The highest BCUT2D eigenvalue weighted by Crippen LogP contribution is 2.31. The van der Waals surface area contributed by atoms with Crippen LogP contribution in [0.2, 0.25) is 0 Å². The fourth-order valence-corrected chi connectivity index (χ4v) is 1.23. The molecule has 0 aromatic carbocycles. The molecule has 1 N–H and O–H groups in total. The largest absolute Gasteiger partial charge is 0.347 e. The third-order valence-corrected chi connectivity index (χ3v) is 2.02. The second-order valence-corrected chi connectivity index (χ2v) is 3.07. The lowest BCUT2D eigenvalue weighted by molar-refractivity contribution is -0.384. The zero-order valence-corrected chi connectivity index (χ0v) is 7.71. The molecule has 0 radical (unpaired) electrons. The van der Waals surface area contributed by atoms with Gasteiger partial charge in [0.1, 0.15) is 0 Å². The highest BCUT2D eigenvalue weighted by Gasteiger charge is 2.28. The van der Waals surface area contributed by atoms with Crippen LogP contribution in [-0.4, -0.2) is 29.4 Å². The Morgan fingerprint density at radius 1 is 1.60 bits per heavy atom. The van der Waals surface area contributed by atoms with Crippen LogP contribution in [0.4, 0.5) is 17.2 Å². The number of carbonyl (C=O) groups is 1. The summed E-state index contributed by atoms with van der Waals surface area (Å²) in [6.45, 7) is 1.57. The Morgan fingerprint density at radius 3 is 2.87 bits per heavy atom. The van der Waals surface area contributed by atoms with Crippen LogP contribution in [0.1, 0.15) is 0 Å². The Labute approximate surface area is 84.9 Å². The first-order valence-electron chi connectivity index (χ1n) is 4.32. The lowest BCUT2D eigenvalue weighted by Gasteiger charge is -2.04. The van der Waals surface area contributed by atoms with Crippen molar-refractivity contribution in [3.05, 3.63) is 22.4 Å². The van der Waals surface area contributed by atoms with Gasteiger partial charge in [-0.15, -0.1) is 0 Å². The van der Waals surface area contributed by atoms with Crippen molar-refractivity contribution < 1.29 is 9.72 Å². The predicted molar refractivity (Wildman–Crippen MR) is 52.8 cm³/mol. The molecule has 1 aromatic heterocycles. The lowest BCUT2D eigenvalue weighted by Crippen LogP contribution is -2.03. The predicted octanol–water partition coefficient (Wildman–Crippen LogP) is 0.378. The summed E-state index contributed by atoms with van der Waals surface area (Å²) in [5.74, 6) is 0.358. The van der Waals surface area contributed by atoms with Crippen LogP contribution >= 0.6 is 0 Å². The first-order chi connectivity index (χ1) is 7.22. The summed E-state index contributed by atoms with van der Waals surface area (Å²) in [5.41, 5.74) is 0.238. The smallest absolute Gasteiger partial charge is 0.313 e. The Bertz CT molecular complexity index is 416. The highest BCUT2D eigenvalue weighted by atomic mass is 16.6. The van der Waals surface area contributed by atoms with E-state index in [-0.39, 0.29) is 5.69 Å². The van der Waals surface area contributed by atoms with Crippen molar-refractivity contribution in [2.75, 3.05) is 23.3 Å². The van der Waals surface area contributed by atoms with Crippen molar-refractivity contribution in [1.29, 1.82) is 0 Å². The molecule has 7 heteroatoms. The fraction of sp³-hybridized carbons (Fsp3) is 0.250. The van der Waals surface area contributed by atoms with Crippen molar-refractivity contribution in [2.24, 2.45) is 0 Å². The van der Waals surface area contributed by atoms with Gasteiger partial charge in [0.25, 0.3) is 0 Å². The molecule has 15 heavy (non-hydrogen) atoms. The summed E-state index contributed by atoms with van der Waals surface area (Å²) in [4.78, 5) is 26.1. The number of aromatic nitrogens is 1. The van der Waals surface area contributed by atoms with Crippen LogP contribution in [0.15, 0.2) is 12.3 Å². The first-order valence-corrected chi connectivity index (χ1v) is 4.32. The molecule has 0 unspecified atom stereocenters. The van der Waals surface area contributed by atoms with Gasteiger partial charge >= 0.3 is 5.69 Å². The average Bonchev–Trinajstić information content (AvgIpc) is 3.01. The van der Waals surface area contributed by atoms with Gasteiger partial charge in [0.05, 0.1) is 16.8 Å². The molecule has 1 aliphatic rings. The van der Waals surface area contributed by atoms with E-state index in [2.05, 4.69) is 10.3 Å². The molecular formula is C8H8N4O3. The van der Waals surface area contributed by atoms with Crippen LogP contribution < -0.4 is 10.2 Å². The maximum atomic E-state index is 10.7. The normalized spacial score (nSPS) is 13.5. The summed E-state index contributed by atoms with van der Waals surface area (Å²) in [6, 6.07) is 1.30. The number of pyridine rings is 1. The van der Waals surface area contributed by atoms with Gasteiger partial charge in [0.15, 0.2) is 0 Å². The van der Waals surface area contributed by atoms with E-state index in [1.54, 1.807) is 4.90 Å². The monoisotopic (exact) mass is 208 g/mol. The van der Waals surface area contributed by atoms with Crippen LogP contribution in [0, 0.1) is 10.1 Å². The topological polar surface area (TPSA) is 88.1 Å². The maximum Gasteiger partial charge on any atom is 0.313 e. The lowest BCUT2D eigenvalue weighted by atomic mass is 10.3. The van der Waals surface area contributed by atoms with Gasteiger partial charge in [-0.05, 0) is 0 Å².